The molecule has 0 aliphatic rings. The predicted molar refractivity (Wildman–Crippen MR) is 70.2 cm³/mol. The minimum atomic E-state index is -0.449. The lowest BCUT2D eigenvalue weighted by Gasteiger charge is -2.33. The summed E-state index contributed by atoms with van der Waals surface area (Å²) in [7, 11) is 0. The second-order valence-corrected chi connectivity index (χ2v) is 5.43. The van der Waals surface area contributed by atoms with E-state index in [1.54, 1.807) is 0 Å². The molecule has 0 radical (unpaired) electrons. The monoisotopic (exact) mass is 253 g/mol. The van der Waals surface area contributed by atoms with Gasteiger partial charge in [0, 0.05) is 12.5 Å². The van der Waals surface area contributed by atoms with Crippen LogP contribution in [0.5, 0.6) is 0 Å². The smallest absolute Gasteiger partial charge is 0.291 e. The van der Waals surface area contributed by atoms with Gasteiger partial charge in [-0.2, -0.15) is 0 Å². The summed E-state index contributed by atoms with van der Waals surface area (Å²) in [5, 5.41) is 9.59. The van der Waals surface area contributed by atoms with Crippen molar-refractivity contribution < 1.29 is 4.79 Å². The van der Waals surface area contributed by atoms with Crippen LogP contribution in [-0.2, 0) is 0 Å². The molecule has 0 saturated carbocycles. The summed E-state index contributed by atoms with van der Waals surface area (Å²) in [4.78, 5) is 16.2. The van der Waals surface area contributed by atoms with E-state index in [2.05, 4.69) is 20.5 Å². The van der Waals surface area contributed by atoms with Crippen molar-refractivity contribution in [3.05, 3.63) is 11.6 Å². The van der Waals surface area contributed by atoms with E-state index in [9.17, 15) is 4.79 Å². The SMILES string of the molecule is CC(C)c1nc(C(=O)NC(C)(CN)C(C)C)n[nH]1. The lowest BCUT2D eigenvalue weighted by atomic mass is 9.88. The summed E-state index contributed by atoms with van der Waals surface area (Å²) in [5.74, 6) is 1.03. The van der Waals surface area contributed by atoms with Crippen molar-refractivity contribution in [3.8, 4) is 0 Å². The third-order valence-electron chi connectivity index (χ3n) is 3.35. The fourth-order valence-electron chi connectivity index (χ4n) is 1.38. The first-order valence-corrected chi connectivity index (χ1v) is 6.25. The Balaban J connectivity index is 2.81. The highest BCUT2D eigenvalue weighted by Crippen LogP contribution is 2.15. The standard InChI is InChI=1S/C12H23N5O/c1-7(2)9-14-10(17-16-9)11(18)15-12(5,6-13)8(3)4/h7-8H,6,13H2,1-5H3,(H,15,18)(H,14,16,17). The summed E-state index contributed by atoms with van der Waals surface area (Å²) in [6.45, 7) is 10.3. The summed E-state index contributed by atoms with van der Waals surface area (Å²) in [6.07, 6.45) is 0. The molecule has 1 heterocycles. The molecule has 6 heteroatoms. The fraction of sp³-hybridized carbons (Fsp3) is 0.750. The Morgan fingerprint density at radius 1 is 1.44 bits per heavy atom. The fourth-order valence-corrected chi connectivity index (χ4v) is 1.38. The second-order valence-electron chi connectivity index (χ2n) is 5.43. The van der Waals surface area contributed by atoms with Crippen molar-refractivity contribution >= 4 is 5.91 Å². The molecule has 18 heavy (non-hydrogen) atoms. The number of amides is 1. The minimum Gasteiger partial charge on any atom is -0.343 e. The molecule has 0 fully saturated rings. The van der Waals surface area contributed by atoms with Crippen LogP contribution in [0.25, 0.3) is 0 Å². The molecule has 0 aromatic carbocycles. The molecule has 0 bridgehead atoms. The molecule has 0 aliphatic heterocycles. The van der Waals surface area contributed by atoms with Gasteiger partial charge in [-0.1, -0.05) is 27.7 Å². The molecular weight excluding hydrogens is 230 g/mol. The van der Waals surface area contributed by atoms with Gasteiger partial charge < -0.3 is 11.1 Å². The van der Waals surface area contributed by atoms with Crippen LogP contribution in [0.2, 0.25) is 0 Å². The maximum atomic E-state index is 12.0. The quantitative estimate of drug-likeness (QED) is 0.730. The zero-order chi connectivity index (χ0) is 13.9. The van der Waals surface area contributed by atoms with Crippen molar-refractivity contribution in [2.24, 2.45) is 11.7 Å². The maximum absolute atomic E-state index is 12.0. The molecule has 4 N–H and O–H groups in total. The van der Waals surface area contributed by atoms with Crippen LogP contribution >= 0.6 is 0 Å². The molecule has 6 nitrogen and oxygen atoms in total. The molecule has 1 amide bonds. The molecule has 1 atom stereocenters. The third-order valence-corrected chi connectivity index (χ3v) is 3.35. The number of aromatic amines is 1. The largest absolute Gasteiger partial charge is 0.343 e. The van der Waals surface area contributed by atoms with Gasteiger partial charge in [0.05, 0.1) is 5.54 Å². The van der Waals surface area contributed by atoms with Crippen molar-refractivity contribution in [3.63, 3.8) is 0 Å². The summed E-state index contributed by atoms with van der Waals surface area (Å²) in [5.41, 5.74) is 5.28. The van der Waals surface area contributed by atoms with Gasteiger partial charge in [0.1, 0.15) is 5.82 Å². The van der Waals surface area contributed by atoms with Gasteiger partial charge in [-0.25, -0.2) is 4.98 Å². The van der Waals surface area contributed by atoms with Crippen LogP contribution in [-0.4, -0.2) is 33.2 Å². The molecule has 1 unspecified atom stereocenters. The molecule has 0 aliphatic carbocycles. The third kappa shape index (κ3) is 3.07. The van der Waals surface area contributed by atoms with E-state index in [1.807, 2.05) is 34.6 Å². The minimum absolute atomic E-state index is 0.166. The molecular formula is C12H23N5O. The average Bonchev–Trinajstić information content (AvgIpc) is 2.77. The van der Waals surface area contributed by atoms with Crippen LogP contribution < -0.4 is 11.1 Å². The average molecular weight is 253 g/mol. The van der Waals surface area contributed by atoms with Crippen LogP contribution in [0.1, 0.15) is 57.0 Å². The number of nitrogens with two attached hydrogens (primary N) is 1. The number of rotatable bonds is 5. The zero-order valence-electron chi connectivity index (χ0n) is 11.7. The summed E-state index contributed by atoms with van der Waals surface area (Å²) < 4.78 is 0. The number of carbonyl (C=O) groups is 1. The van der Waals surface area contributed by atoms with Gasteiger partial charge in [0.15, 0.2) is 0 Å². The predicted octanol–water partition coefficient (Wildman–Crippen LogP) is 1.03. The molecule has 102 valence electrons. The van der Waals surface area contributed by atoms with Gasteiger partial charge in [0.25, 0.3) is 5.91 Å². The number of hydrogen-bond donors (Lipinski definition) is 3. The van der Waals surface area contributed by atoms with Gasteiger partial charge in [-0.3, -0.25) is 9.89 Å². The van der Waals surface area contributed by atoms with E-state index in [4.69, 9.17) is 5.73 Å². The Labute approximate surface area is 108 Å². The number of carbonyl (C=O) groups excluding carboxylic acids is 1. The van der Waals surface area contributed by atoms with Gasteiger partial charge >= 0.3 is 0 Å². The van der Waals surface area contributed by atoms with Crippen molar-refractivity contribution in [2.45, 2.75) is 46.1 Å². The van der Waals surface area contributed by atoms with E-state index >= 15 is 0 Å². The highest BCUT2D eigenvalue weighted by Gasteiger charge is 2.30. The van der Waals surface area contributed by atoms with E-state index < -0.39 is 5.54 Å². The Kier molecular flexibility index (Phi) is 4.45. The first-order valence-electron chi connectivity index (χ1n) is 6.25. The van der Waals surface area contributed by atoms with E-state index in [1.165, 1.54) is 0 Å². The van der Waals surface area contributed by atoms with Crippen molar-refractivity contribution in [1.29, 1.82) is 0 Å². The van der Waals surface area contributed by atoms with Crippen LogP contribution in [0, 0.1) is 5.92 Å². The van der Waals surface area contributed by atoms with Crippen LogP contribution in [0.3, 0.4) is 0 Å². The lowest BCUT2D eigenvalue weighted by Crippen LogP contribution is -2.55. The molecule has 1 aromatic rings. The highest BCUT2D eigenvalue weighted by atomic mass is 16.2. The molecule has 0 saturated heterocycles. The van der Waals surface area contributed by atoms with Gasteiger partial charge in [-0.05, 0) is 12.8 Å². The van der Waals surface area contributed by atoms with Gasteiger partial charge in [0.2, 0.25) is 5.82 Å². The highest BCUT2D eigenvalue weighted by molar-refractivity contribution is 5.90. The van der Waals surface area contributed by atoms with Crippen LogP contribution in [0.15, 0.2) is 0 Å². The zero-order valence-corrected chi connectivity index (χ0v) is 11.7. The normalized spacial score (nSPS) is 14.9. The summed E-state index contributed by atoms with van der Waals surface area (Å²) >= 11 is 0. The molecule has 1 aromatic heterocycles. The number of nitrogens with zero attached hydrogens (tertiary/aromatic N) is 2. The van der Waals surface area contributed by atoms with Crippen molar-refractivity contribution in [2.75, 3.05) is 6.54 Å². The number of H-pyrrole nitrogens is 1. The Morgan fingerprint density at radius 3 is 2.44 bits per heavy atom. The molecule has 1 rings (SSSR count). The number of nitrogens with one attached hydrogen (secondary N) is 2. The van der Waals surface area contributed by atoms with E-state index in [-0.39, 0.29) is 23.6 Å². The maximum Gasteiger partial charge on any atom is 0.291 e. The Hall–Kier alpha value is -1.43. The van der Waals surface area contributed by atoms with Gasteiger partial charge in [-0.15, -0.1) is 5.10 Å². The Morgan fingerprint density at radius 2 is 2.06 bits per heavy atom. The van der Waals surface area contributed by atoms with Crippen molar-refractivity contribution in [1.82, 2.24) is 20.5 Å². The lowest BCUT2D eigenvalue weighted by molar-refractivity contribution is 0.0872. The van der Waals surface area contributed by atoms with E-state index in [0.717, 1.165) is 0 Å². The number of hydrogen-bond acceptors (Lipinski definition) is 4. The topological polar surface area (TPSA) is 96.7 Å². The second kappa shape index (κ2) is 5.48. The van der Waals surface area contributed by atoms with E-state index in [0.29, 0.717) is 12.4 Å². The number of aromatic nitrogens is 3. The Bertz CT molecular complexity index is 412. The summed E-state index contributed by atoms with van der Waals surface area (Å²) in [6, 6.07) is 0. The first-order chi connectivity index (χ1) is 8.30. The van der Waals surface area contributed by atoms with Crippen LogP contribution in [0.4, 0.5) is 0 Å². The first kappa shape index (κ1) is 14.6. The molecule has 0 spiro atoms.